The van der Waals surface area contributed by atoms with Gasteiger partial charge in [0.15, 0.2) is 5.96 Å². The number of nitrogens with one attached hydrogen (secondary N) is 6. The quantitative estimate of drug-likeness (QED) is 0.0351. The van der Waals surface area contributed by atoms with E-state index in [4.69, 9.17) is 11.5 Å². The van der Waals surface area contributed by atoms with Crippen molar-refractivity contribution in [2.45, 2.75) is 120 Å². The fraction of sp³-hybridized carbons (Fsp3) is 0.581. The molecule has 368 valence electrons. The predicted octanol–water partition coefficient (Wildman–Crippen LogP) is -1.87. The maximum atomic E-state index is 14.9. The summed E-state index contributed by atoms with van der Waals surface area (Å²) in [4.78, 5) is 124. The van der Waals surface area contributed by atoms with Crippen LogP contribution in [-0.2, 0) is 51.2 Å². The number of amides is 7. The van der Waals surface area contributed by atoms with Crippen LogP contribution in [0.25, 0.3) is 0 Å². The predicted molar refractivity (Wildman–Crippen MR) is 248 cm³/mol. The number of rotatable bonds is 22. The van der Waals surface area contributed by atoms with Crippen molar-refractivity contribution in [3.63, 3.8) is 0 Å². The molecule has 0 spiro atoms. The Balaban J connectivity index is 1.61. The van der Waals surface area contributed by atoms with Gasteiger partial charge >= 0.3 is 5.97 Å². The summed E-state index contributed by atoms with van der Waals surface area (Å²) in [5, 5.41) is 33.2. The van der Waals surface area contributed by atoms with E-state index in [1.807, 2.05) is 0 Å². The number of likely N-dealkylation sites (tertiary alicyclic amines) is 1. The number of hydrogen-bond acceptors (Lipinski definition) is 13. The number of hydrogen-bond donors (Lipinski definition) is 10. The number of thioether (sulfide) groups is 1. The molecule has 23 nitrogen and oxygen atoms in total. The normalized spacial score (nSPS) is 18.4. The van der Waals surface area contributed by atoms with Gasteiger partial charge in [-0.3, -0.25) is 38.6 Å². The van der Waals surface area contributed by atoms with Gasteiger partial charge in [-0.2, -0.15) is 0 Å². The van der Waals surface area contributed by atoms with E-state index in [1.165, 1.54) is 74.0 Å². The number of phenolic OH excluding ortho intramolecular Hbond substituents is 1. The average Bonchev–Trinajstić information content (AvgIpc) is 4.04. The number of likely N-dealkylation sites (N-methyl/N-ethyl adjacent to an activating group) is 2. The number of carboxylic acid groups (broad SMARTS) is 1. The largest absolute Gasteiger partial charge is 0.508 e. The number of aromatic amines is 1. The maximum Gasteiger partial charge on any atom is 0.328 e. The molecule has 0 bridgehead atoms. The number of phenols is 1. The molecule has 1 aromatic carbocycles. The number of carbonyl (C=O) groups excluding carboxylic acids is 7. The lowest BCUT2D eigenvalue weighted by atomic mass is 9.97. The van der Waals surface area contributed by atoms with Crippen LogP contribution in [0.4, 0.5) is 0 Å². The maximum absolute atomic E-state index is 14.9. The van der Waals surface area contributed by atoms with Gasteiger partial charge in [-0.1, -0.05) is 12.1 Å². The molecule has 0 unspecified atom stereocenters. The zero-order valence-electron chi connectivity index (χ0n) is 39.0. The number of carbonyl (C=O) groups is 8. The molecule has 2 saturated heterocycles. The number of benzene rings is 1. The molecule has 1 aromatic heterocycles. The van der Waals surface area contributed by atoms with Crippen molar-refractivity contribution in [3.8, 4) is 5.75 Å². The van der Waals surface area contributed by atoms with Crippen LogP contribution in [0.3, 0.4) is 0 Å². The second-order valence-electron chi connectivity index (χ2n) is 17.7. The molecule has 6 atom stereocenters. The Morgan fingerprint density at radius 3 is 2.25 bits per heavy atom. The second-order valence-corrected chi connectivity index (χ2v) is 19.3. The van der Waals surface area contributed by atoms with Crippen molar-refractivity contribution in [2.24, 2.45) is 16.5 Å². The summed E-state index contributed by atoms with van der Waals surface area (Å²) >= 11 is 1.30. The van der Waals surface area contributed by atoms with Gasteiger partial charge in [-0.05, 0) is 85.0 Å². The van der Waals surface area contributed by atoms with Crippen LogP contribution in [0, 0.1) is 0 Å². The minimum Gasteiger partial charge on any atom is -0.508 e. The lowest BCUT2D eigenvalue weighted by Gasteiger charge is -2.35. The van der Waals surface area contributed by atoms with Gasteiger partial charge in [-0.15, -0.1) is 11.8 Å². The van der Waals surface area contributed by atoms with Crippen molar-refractivity contribution >= 4 is 65.0 Å². The molecule has 2 aromatic rings. The highest BCUT2D eigenvalue weighted by Crippen LogP contribution is 2.40. The Morgan fingerprint density at radius 2 is 1.64 bits per heavy atom. The van der Waals surface area contributed by atoms with Gasteiger partial charge in [0.05, 0.1) is 18.7 Å². The molecule has 12 N–H and O–H groups in total. The van der Waals surface area contributed by atoms with Crippen LogP contribution in [-0.4, -0.2) is 174 Å². The number of aliphatic imine (C=N–C) groups is 1. The van der Waals surface area contributed by atoms with Crippen molar-refractivity contribution < 1.29 is 48.6 Å². The number of aromatic hydroxyl groups is 1. The Labute approximate surface area is 393 Å². The van der Waals surface area contributed by atoms with Crippen molar-refractivity contribution in [1.29, 1.82) is 0 Å². The van der Waals surface area contributed by atoms with E-state index in [0.717, 1.165) is 4.90 Å². The van der Waals surface area contributed by atoms with Crippen molar-refractivity contribution in [3.05, 3.63) is 48.0 Å². The summed E-state index contributed by atoms with van der Waals surface area (Å²) in [5.41, 5.74) is 10.3. The minimum atomic E-state index is -1.62. The lowest BCUT2D eigenvalue weighted by molar-refractivity contribution is -0.148. The fourth-order valence-electron chi connectivity index (χ4n) is 7.77. The fourth-order valence-corrected chi connectivity index (χ4v) is 8.91. The van der Waals surface area contributed by atoms with E-state index in [9.17, 15) is 48.6 Å². The summed E-state index contributed by atoms with van der Waals surface area (Å²) in [6, 6.07) is -0.986. The van der Waals surface area contributed by atoms with E-state index >= 15 is 0 Å². The minimum absolute atomic E-state index is 0.0144. The lowest BCUT2D eigenvalue weighted by Crippen LogP contribution is -2.62. The molecule has 2 aliphatic rings. The van der Waals surface area contributed by atoms with E-state index in [-0.39, 0.29) is 62.9 Å². The van der Waals surface area contributed by atoms with Crippen LogP contribution in [0.2, 0.25) is 0 Å². The highest BCUT2D eigenvalue weighted by atomic mass is 32.2. The topological polar surface area (TPSA) is 340 Å². The monoisotopic (exact) mass is 955 g/mol. The van der Waals surface area contributed by atoms with E-state index in [0.29, 0.717) is 24.1 Å². The summed E-state index contributed by atoms with van der Waals surface area (Å²) in [7, 11) is 2.97. The number of nitrogens with two attached hydrogens (primary N) is 2. The average molecular weight is 956 g/mol. The van der Waals surface area contributed by atoms with Gasteiger partial charge in [-0.25, -0.2) is 9.78 Å². The Hall–Kier alpha value is -6.43. The zero-order chi connectivity index (χ0) is 49.8. The summed E-state index contributed by atoms with van der Waals surface area (Å²) in [6.07, 6.45) is 3.92. The standard InChI is InChI=1S/C43H65N13O10S/c1-24(54(7)37(62)28(50-32(58)21-46-6)10-8-16-48-41(44)45)34(59)51-29(18-25-12-14-27(57)15-13-25)39(64)56-23-67-43(4,5)33(56)36(61)52-30(19-26-20-47-22-49-26)38(63)55-17-9-11-31(55)35(60)53-42(2,3)40(65)66/h12-15,20,22,24,28-31,33,46,57H,8-11,16-19,21,23H2,1-7H3,(H,47,49)(H,50,58)(H,51,59)(H,52,61)(H,53,60)(H,65,66)(H4,44,45,48)/t24-,28-,29-,30-,31-,33-/m0/s1. The summed E-state index contributed by atoms with van der Waals surface area (Å²) < 4.78 is -0.930. The van der Waals surface area contributed by atoms with E-state index in [2.05, 4.69) is 41.5 Å². The highest BCUT2D eigenvalue weighted by Gasteiger charge is 2.51. The van der Waals surface area contributed by atoms with Crippen molar-refractivity contribution in [2.75, 3.05) is 39.6 Å². The number of H-pyrrole nitrogens is 1. The molecular formula is C43H65N13O10S. The summed E-state index contributed by atoms with van der Waals surface area (Å²) in [5.74, 6) is -5.76. The first-order valence-corrected chi connectivity index (χ1v) is 22.9. The third-order valence-electron chi connectivity index (χ3n) is 11.7. The highest BCUT2D eigenvalue weighted by molar-refractivity contribution is 8.00. The van der Waals surface area contributed by atoms with Crippen LogP contribution in [0.15, 0.2) is 41.8 Å². The van der Waals surface area contributed by atoms with Gasteiger partial charge in [0.2, 0.25) is 41.4 Å². The summed E-state index contributed by atoms with van der Waals surface area (Å²) in [6.45, 7) is 7.94. The molecule has 3 heterocycles. The Bertz CT molecular complexity index is 2130. The van der Waals surface area contributed by atoms with Gasteiger partial charge in [0.25, 0.3) is 0 Å². The van der Waals surface area contributed by atoms with Gasteiger partial charge < -0.3 is 67.9 Å². The Morgan fingerprint density at radius 1 is 0.985 bits per heavy atom. The van der Waals surface area contributed by atoms with Crippen LogP contribution in [0.5, 0.6) is 5.75 Å². The molecule has 2 aliphatic heterocycles. The number of aromatic nitrogens is 2. The van der Waals surface area contributed by atoms with E-state index in [1.54, 1.807) is 33.0 Å². The number of nitrogens with zero attached hydrogens (tertiary/aromatic N) is 5. The van der Waals surface area contributed by atoms with Gasteiger partial charge in [0.1, 0.15) is 47.5 Å². The van der Waals surface area contributed by atoms with Gasteiger partial charge in [0, 0.05) is 49.6 Å². The number of imidazole rings is 1. The molecular weight excluding hydrogens is 891 g/mol. The van der Waals surface area contributed by atoms with E-state index < -0.39 is 93.9 Å². The molecule has 0 radical (unpaired) electrons. The SMILES string of the molecule is CNCC(=O)N[C@@H](CCCN=C(N)N)C(=O)N(C)[C@@H](C)C(=O)N[C@@H](Cc1ccc(O)cc1)C(=O)N1CSC(C)(C)[C@@H]1C(=O)N[C@@H](Cc1cnc[nH]1)C(=O)N1CCC[C@H]1C(=O)NC(C)(C)C(=O)O. The molecule has 7 amide bonds. The van der Waals surface area contributed by atoms with Crippen LogP contribution < -0.4 is 38.1 Å². The molecule has 24 heteroatoms. The molecule has 67 heavy (non-hydrogen) atoms. The number of carboxylic acids is 1. The smallest absolute Gasteiger partial charge is 0.328 e. The zero-order valence-corrected chi connectivity index (χ0v) is 39.8. The first-order valence-electron chi connectivity index (χ1n) is 21.9. The first-order chi connectivity index (χ1) is 31.5. The van der Waals surface area contributed by atoms with Crippen LogP contribution in [0.1, 0.15) is 71.6 Å². The third kappa shape index (κ3) is 14.3. The molecule has 0 aliphatic carbocycles. The third-order valence-corrected chi connectivity index (χ3v) is 13.1. The Kier molecular flexibility index (Phi) is 18.5. The van der Waals surface area contributed by atoms with Crippen LogP contribution >= 0.6 is 11.8 Å². The molecule has 4 rings (SSSR count). The second kappa shape index (κ2) is 23.3. The first kappa shape index (κ1) is 53.2. The molecule has 0 saturated carbocycles. The van der Waals surface area contributed by atoms with Crippen molar-refractivity contribution in [1.82, 2.24) is 51.3 Å². The number of aliphatic carboxylic acids is 1. The molecule has 2 fully saturated rings. The number of guanidine groups is 1.